The Balaban J connectivity index is 1.66. The predicted octanol–water partition coefficient (Wildman–Crippen LogP) is 5.01. The van der Waals surface area contributed by atoms with Crippen molar-refractivity contribution in [1.29, 1.82) is 0 Å². The number of nitrogens with one attached hydrogen (secondary N) is 2. The molecule has 3 aromatic carbocycles. The van der Waals surface area contributed by atoms with E-state index in [-0.39, 0.29) is 0 Å². The molecule has 0 heterocycles. The van der Waals surface area contributed by atoms with E-state index in [2.05, 4.69) is 49.0 Å². The van der Waals surface area contributed by atoms with Crippen molar-refractivity contribution < 1.29 is 9.47 Å². The summed E-state index contributed by atoms with van der Waals surface area (Å²) in [4.78, 5) is 0. The first-order chi connectivity index (χ1) is 13.2. The van der Waals surface area contributed by atoms with Gasteiger partial charge in [-0.3, -0.25) is 0 Å². The van der Waals surface area contributed by atoms with Crippen molar-refractivity contribution in [3.63, 3.8) is 0 Å². The number of para-hydroxylation sites is 2. The van der Waals surface area contributed by atoms with Crippen LogP contribution in [0.5, 0.6) is 11.5 Å². The number of methoxy groups -OCH3 is 1. The minimum absolute atomic E-state index is 0.467. The molecule has 0 bridgehead atoms. The molecule has 0 amide bonds. The van der Waals surface area contributed by atoms with Crippen LogP contribution >= 0.6 is 0 Å². The molecule has 140 valence electrons. The largest absolute Gasteiger partial charge is 0.496 e. The molecule has 0 aliphatic heterocycles. The summed E-state index contributed by atoms with van der Waals surface area (Å²) >= 11 is 0. The molecule has 2 N–H and O–H groups in total. The third kappa shape index (κ3) is 5.02. The van der Waals surface area contributed by atoms with Gasteiger partial charge in [-0.15, -0.1) is 0 Å². The van der Waals surface area contributed by atoms with Gasteiger partial charge in [-0.05, 0) is 54.8 Å². The number of ether oxygens (including phenoxy) is 2. The van der Waals surface area contributed by atoms with E-state index in [4.69, 9.17) is 9.47 Å². The quantitative estimate of drug-likeness (QED) is 0.553. The number of anilines is 1. The lowest BCUT2D eigenvalue weighted by molar-refractivity contribution is 0.292. The van der Waals surface area contributed by atoms with Crippen molar-refractivity contribution in [2.75, 3.05) is 12.5 Å². The third-order valence-corrected chi connectivity index (χ3v) is 4.42. The summed E-state index contributed by atoms with van der Waals surface area (Å²) in [5.41, 5.74) is 11.9. The third-order valence-electron chi connectivity index (χ3n) is 4.42. The van der Waals surface area contributed by atoms with Gasteiger partial charge in [-0.2, -0.15) is 0 Å². The van der Waals surface area contributed by atoms with E-state index in [1.807, 2.05) is 42.5 Å². The van der Waals surface area contributed by atoms with Gasteiger partial charge in [0, 0.05) is 17.8 Å². The first-order valence-electron chi connectivity index (χ1n) is 9.06. The van der Waals surface area contributed by atoms with Gasteiger partial charge in [-0.1, -0.05) is 42.5 Å². The molecule has 0 saturated heterocycles. The van der Waals surface area contributed by atoms with Crippen LogP contribution in [0.3, 0.4) is 0 Å². The highest BCUT2D eigenvalue weighted by Gasteiger charge is 2.08. The average molecular weight is 362 g/mol. The van der Waals surface area contributed by atoms with Crippen LogP contribution in [-0.4, -0.2) is 7.11 Å². The molecule has 0 aliphatic carbocycles. The summed E-state index contributed by atoms with van der Waals surface area (Å²) in [5.74, 6) is 1.77. The zero-order valence-corrected chi connectivity index (χ0v) is 16.1. The summed E-state index contributed by atoms with van der Waals surface area (Å²) in [5, 5.41) is 0. The standard InChI is InChI=1S/C23H26N2O2/c1-17-8-7-9-18(2)23(17)27-16-20-14-19(12-13-22(20)26-3)15-24-25-21-10-5-4-6-11-21/h4-14,24-25H,15-16H2,1-3H3. The molecular formula is C23H26N2O2. The molecule has 0 spiro atoms. The lowest BCUT2D eigenvalue weighted by atomic mass is 10.1. The Morgan fingerprint density at radius 2 is 1.59 bits per heavy atom. The number of hydrogen-bond donors (Lipinski definition) is 2. The molecule has 0 unspecified atom stereocenters. The summed E-state index contributed by atoms with van der Waals surface area (Å²) in [6, 6.07) is 22.4. The van der Waals surface area contributed by atoms with Crippen LogP contribution in [0.1, 0.15) is 22.3 Å². The van der Waals surface area contributed by atoms with E-state index in [1.165, 1.54) is 0 Å². The lowest BCUT2D eigenvalue weighted by Crippen LogP contribution is -2.20. The molecule has 27 heavy (non-hydrogen) atoms. The van der Waals surface area contributed by atoms with Crippen molar-refractivity contribution in [3.8, 4) is 11.5 Å². The fraction of sp³-hybridized carbons (Fsp3) is 0.217. The van der Waals surface area contributed by atoms with Gasteiger partial charge in [0.15, 0.2) is 0 Å². The maximum absolute atomic E-state index is 6.11. The average Bonchev–Trinajstić information content (AvgIpc) is 2.68. The number of hydrazine groups is 1. The number of rotatable bonds is 8. The summed E-state index contributed by atoms with van der Waals surface area (Å²) in [6.07, 6.45) is 0. The van der Waals surface area contributed by atoms with Gasteiger partial charge in [0.2, 0.25) is 0 Å². The second-order valence-electron chi connectivity index (χ2n) is 6.50. The van der Waals surface area contributed by atoms with Crippen molar-refractivity contribution >= 4 is 5.69 Å². The van der Waals surface area contributed by atoms with Crippen molar-refractivity contribution in [1.82, 2.24) is 5.43 Å². The van der Waals surface area contributed by atoms with Gasteiger partial charge in [0.05, 0.1) is 7.11 Å². The lowest BCUT2D eigenvalue weighted by Gasteiger charge is -2.15. The van der Waals surface area contributed by atoms with Crippen molar-refractivity contribution in [2.45, 2.75) is 27.0 Å². The summed E-state index contributed by atoms with van der Waals surface area (Å²) in [6.45, 7) is 5.29. The topological polar surface area (TPSA) is 42.5 Å². The predicted molar refractivity (Wildman–Crippen MR) is 110 cm³/mol. The van der Waals surface area contributed by atoms with Crippen LogP contribution in [0, 0.1) is 13.8 Å². The van der Waals surface area contributed by atoms with E-state index >= 15 is 0 Å². The monoisotopic (exact) mass is 362 g/mol. The summed E-state index contributed by atoms with van der Waals surface area (Å²) in [7, 11) is 1.69. The highest BCUT2D eigenvalue weighted by molar-refractivity contribution is 5.43. The molecule has 0 aromatic heterocycles. The highest BCUT2D eigenvalue weighted by Crippen LogP contribution is 2.26. The van der Waals surface area contributed by atoms with Crippen molar-refractivity contribution in [3.05, 3.63) is 89.0 Å². The van der Waals surface area contributed by atoms with E-state index < -0.39 is 0 Å². The fourth-order valence-corrected chi connectivity index (χ4v) is 3.00. The number of benzene rings is 3. The molecule has 0 fully saturated rings. The second-order valence-corrected chi connectivity index (χ2v) is 6.50. The van der Waals surface area contributed by atoms with E-state index in [0.717, 1.165) is 39.4 Å². The Hall–Kier alpha value is -2.98. The zero-order valence-electron chi connectivity index (χ0n) is 16.1. The van der Waals surface area contributed by atoms with E-state index in [0.29, 0.717) is 13.2 Å². The molecule has 3 rings (SSSR count). The van der Waals surface area contributed by atoms with Crippen LogP contribution in [-0.2, 0) is 13.2 Å². The Morgan fingerprint density at radius 1 is 0.852 bits per heavy atom. The number of aryl methyl sites for hydroxylation is 2. The molecule has 0 radical (unpaired) electrons. The molecule has 4 nitrogen and oxygen atoms in total. The molecule has 3 aromatic rings. The minimum Gasteiger partial charge on any atom is -0.496 e. The Labute approximate surface area is 161 Å². The van der Waals surface area contributed by atoms with Gasteiger partial charge >= 0.3 is 0 Å². The normalized spacial score (nSPS) is 10.5. The van der Waals surface area contributed by atoms with Gasteiger partial charge < -0.3 is 14.9 Å². The van der Waals surface area contributed by atoms with Gasteiger partial charge in [0.25, 0.3) is 0 Å². The van der Waals surface area contributed by atoms with E-state index in [1.54, 1.807) is 7.11 Å². The van der Waals surface area contributed by atoms with Crippen LogP contribution in [0.2, 0.25) is 0 Å². The van der Waals surface area contributed by atoms with Gasteiger partial charge in [0.1, 0.15) is 18.1 Å². The molecular weight excluding hydrogens is 336 g/mol. The van der Waals surface area contributed by atoms with Crippen LogP contribution in [0.4, 0.5) is 5.69 Å². The molecule has 0 saturated carbocycles. The fourth-order valence-electron chi connectivity index (χ4n) is 3.00. The minimum atomic E-state index is 0.467. The van der Waals surface area contributed by atoms with Crippen LogP contribution < -0.4 is 20.3 Å². The van der Waals surface area contributed by atoms with Crippen LogP contribution in [0.15, 0.2) is 66.7 Å². The SMILES string of the molecule is COc1ccc(CNNc2ccccc2)cc1COc1c(C)cccc1C. The molecule has 0 atom stereocenters. The zero-order chi connectivity index (χ0) is 19.1. The molecule has 4 heteroatoms. The molecule has 0 aliphatic rings. The Kier molecular flexibility index (Phi) is 6.34. The maximum Gasteiger partial charge on any atom is 0.125 e. The van der Waals surface area contributed by atoms with E-state index in [9.17, 15) is 0 Å². The first-order valence-corrected chi connectivity index (χ1v) is 9.06. The van der Waals surface area contributed by atoms with Gasteiger partial charge in [-0.25, -0.2) is 5.43 Å². The maximum atomic E-state index is 6.11. The van der Waals surface area contributed by atoms with Crippen LogP contribution in [0.25, 0.3) is 0 Å². The summed E-state index contributed by atoms with van der Waals surface area (Å²) < 4.78 is 11.6. The second kappa shape index (κ2) is 9.10. The smallest absolute Gasteiger partial charge is 0.125 e. The number of hydrogen-bond acceptors (Lipinski definition) is 4. The first kappa shape index (κ1) is 18.8. The Morgan fingerprint density at radius 3 is 2.30 bits per heavy atom. The van der Waals surface area contributed by atoms with Crippen molar-refractivity contribution in [2.24, 2.45) is 0 Å². The highest BCUT2D eigenvalue weighted by atomic mass is 16.5. The Bertz CT molecular complexity index is 859.